The van der Waals surface area contributed by atoms with Crippen LogP contribution in [0.2, 0.25) is 0 Å². The Morgan fingerprint density at radius 3 is 2.96 bits per heavy atom. The number of pyridine rings is 1. The SMILES string of the molecule is Cc1cccc(OCC(O)CNC(=O)/C=C/c2ccccn2)c1. The van der Waals surface area contributed by atoms with Gasteiger partial charge in [0.05, 0.1) is 5.69 Å². The lowest BCUT2D eigenvalue weighted by molar-refractivity contribution is -0.117. The smallest absolute Gasteiger partial charge is 0.244 e. The number of hydrogen-bond acceptors (Lipinski definition) is 4. The lowest BCUT2D eigenvalue weighted by Gasteiger charge is -2.13. The van der Waals surface area contributed by atoms with Crippen LogP contribution in [0.5, 0.6) is 5.75 Å². The average molecular weight is 312 g/mol. The summed E-state index contributed by atoms with van der Waals surface area (Å²) in [6.45, 7) is 2.21. The number of aromatic nitrogens is 1. The van der Waals surface area contributed by atoms with Gasteiger partial charge in [-0.3, -0.25) is 9.78 Å². The number of nitrogens with zero attached hydrogens (tertiary/aromatic N) is 1. The molecule has 5 nitrogen and oxygen atoms in total. The van der Waals surface area contributed by atoms with Gasteiger partial charge in [-0.2, -0.15) is 0 Å². The van der Waals surface area contributed by atoms with Gasteiger partial charge in [0.25, 0.3) is 0 Å². The van der Waals surface area contributed by atoms with Crippen LogP contribution in [0.1, 0.15) is 11.3 Å². The zero-order chi connectivity index (χ0) is 16.5. The van der Waals surface area contributed by atoms with E-state index in [9.17, 15) is 9.90 Å². The molecule has 1 atom stereocenters. The fraction of sp³-hybridized carbons (Fsp3) is 0.222. The number of hydrogen-bond donors (Lipinski definition) is 2. The van der Waals surface area contributed by atoms with Crippen molar-refractivity contribution in [1.82, 2.24) is 10.3 Å². The molecule has 1 heterocycles. The van der Waals surface area contributed by atoms with E-state index in [2.05, 4.69) is 10.3 Å². The van der Waals surface area contributed by atoms with E-state index in [4.69, 9.17) is 4.74 Å². The monoisotopic (exact) mass is 312 g/mol. The summed E-state index contributed by atoms with van der Waals surface area (Å²) in [5, 5.41) is 12.5. The summed E-state index contributed by atoms with van der Waals surface area (Å²) >= 11 is 0. The van der Waals surface area contributed by atoms with Crippen molar-refractivity contribution in [1.29, 1.82) is 0 Å². The normalized spacial score (nSPS) is 12.1. The van der Waals surface area contributed by atoms with Crippen molar-refractivity contribution in [2.45, 2.75) is 13.0 Å². The Morgan fingerprint density at radius 1 is 1.35 bits per heavy atom. The Hall–Kier alpha value is -2.66. The van der Waals surface area contributed by atoms with Gasteiger partial charge < -0.3 is 15.2 Å². The van der Waals surface area contributed by atoms with E-state index in [1.807, 2.05) is 43.3 Å². The van der Waals surface area contributed by atoms with E-state index < -0.39 is 6.10 Å². The zero-order valence-electron chi connectivity index (χ0n) is 13.0. The summed E-state index contributed by atoms with van der Waals surface area (Å²) in [5.41, 5.74) is 1.79. The van der Waals surface area contributed by atoms with Crippen molar-refractivity contribution >= 4 is 12.0 Å². The molecule has 0 fully saturated rings. The molecular formula is C18H20N2O3. The highest BCUT2D eigenvalue weighted by Crippen LogP contribution is 2.12. The fourth-order valence-corrected chi connectivity index (χ4v) is 1.87. The zero-order valence-corrected chi connectivity index (χ0v) is 13.0. The first-order chi connectivity index (χ1) is 11.1. The number of ether oxygens (including phenoxy) is 1. The number of rotatable bonds is 7. The minimum absolute atomic E-state index is 0.119. The molecule has 0 aliphatic heterocycles. The number of benzene rings is 1. The van der Waals surface area contributed by atoms with E-state index in [1.54, 1.807) is 18.3 Å². The fourth-order valence-electron chi connectivity index (χ4n) is 1.87. The molecule has 5 heteroatoms. The van der Waals surface area contributed by atoms with E-state index in [0.717, 1.165) is 5.56 Å². The van der Waals surface area contributed by atoms with Gasteiger partial charge in [-0.25, -0.2) is 0 Å². The van der Waals surface area contributed by atoms with Gasteiger partial charge in [0, 0.05) is 18.8 Å². The lowest BCUT2D eigenvalue weighted by atomic mass is 10.2. The molecule has 120 valence electrons. The largest absolute Gasteiger partial charge is 0.491 e. The highest BCUT2D eigenvalue weighted by atomic mass is 16.5. The second kappa shape index (κ2) is 8.70. The predicted molar refractivity (Wildman–Crippen MR) is 89.0 cm³/mol. The highest BCUT2D eigenvalue weighted by molar-refractivity contribution is 5.91. The van der Waals surface area contributed by atoms with E-state index in [-0.39, 0.29) is 19.1 Å². The molecule has 0 aliphatic carbocycles. The third-order valence-corrected chi connectivity index (χ3v) is 3.04. The number of nitrogens with one attached hydrogen (secondary N) is 1. The van der Waals surface area contributed by atoms with Gasteiger partial charge in [0.2, 0.25) is 5.91 Å². The molecule has 0 radical (unpaired) electrons. The van der Waals surface area contributed by atoms with Crippen LogP contribution in [0.4, 0.5) is 0 Å². The Kier molecular flexibility index (Phi) is 6.32. The highest BCUT2D eigenvalue weighted by Gasteiger charge is 2.06. The molecule has 0 saturated heterocycles. The van der Waals surface area contributed by atoms with Crippen LogP contribution in [0.3, 0.4) is 0 Å². The summed E-state index contributed by atoms with van der Waals surface area (Å²) in [6.07, 6.45) is 3.88. The van der Waals surface area contributed by atoms with Crippen molar-refractivity contribution in [3.8, 4) is 5.75 Å². The number of aryl methyl sites for hydroxylation is 1. The molecule has 2 rings (SSSR count). The molecule has 23 heavy (non-hydrogen) atoms. The minimum atomic E-state index is -0.775. The molecule has 0 spiro atoms. The summed E-state index contributed by atoms with van der Waals surface area (Å²) in [5.74, 6) is 0.413. The average Bonchev–Trinajstić information content (AvgIpc) is 2.57. The summed E-state index contributed by atoms with van der Waals surface area (Å²) < 4.78 is 5.48. The third-order valence-electron chi connectivity index (χ3n) is 3.04. The molecule has 1 amide bonds. The first kappa shape index (κ1) is 16.7. The van der Waals surface area contributed by atoms with Crippen LogP contribution in [0.25, 0.3) is 6.08 Å². The van der Waals surface area contributed by atoms with Gasteiger partial charge in [-0.1, -0.05) is 18.2 Å². The molecule has 2 N–H and O–H groups in total. The molecule has 1 aromatic heterocycles. The van der Waals surface area contributed by atoms with Crippen LogP contribution in [-0.4, -0.2) is 35.3 Å². The van der Waals surface area contributed by atoms with Crippen LogP contribution in [-0.2, 0) is 4.79 Å². The van der Waals surface area contributed by atoms with Crippen molar-refractivity contribution < 1.29 is 14.6 Å². The maximum absolute atomic E-state index is 11.7. The van der Waals surface area contributed by atoms with E-state index in [1.165, 1.54) is 6.08 Å². The first-order valence-electron chi connectivity index (χ1n) is 7.38. The summed E-state index contributed by atoms with van der Waals surface area (Å²) in [6, 6.07) is 13.0. The minimum Gasteiger partial charge on any atom is -0.491 e. The van der Waals surface area contributed by atoms with E-state index >= 15 is 0 Å². The molecule has 0 bridgehead atoms. The molecular weight excluding hydrogens is 292 g/mol. The Balaban J connectivity index is 1.70. The van der Waals surface area contributed by atoms with Crippen molar-refractivity contribution in [2.75, 3.05) is 13.2 Å². The Bertz CT molecular complexity index is 656. The first-order valence-corrected chi connectivity index (χ1v) is 7.38. The van der Waals surface area contributed by atoms with Crippen molar-refractivity contribution in [3.05, 3.63) is 66.0 Å². The predicted octanol–water partition coefficient (Wildman–Crippen LogP) is 1.96. The van der Waals surface area contributed by atoms with Crippen molar-refractivity contribution in [3.63, 3.8) is 0 Å². The molecule has 0 aliphatic rings. The van der Waals surface area contributed by atoms with Gasteiger partial charge in [0.1, 0.15) is 18.5 Å². The maximum atomic E-state index is 11.7. The second-order valence-corrected chi connectivity index (χ2v) is 5.11. The topological polar surface area (TPSA) is 71.5 Å². The van der Waals surface area contributed by atoms with Crippen LogP contribution in [0, 0.1) is 6.92 Å². The summed E-state index contributed by atoms with van der Waals surface area (Å²) in [4.78, 5) is 15.7. The maximum Gasteiger partial charge on any atom is 0.244 e. The number of carbonyl (C=O) groups is 1. The quantitative estimate of drug-likeness (QED) is 0.767. The standard InChI is InChI=1S/C18H20N2O3/c1-14-5-4-7-17(11-14)23-13-16(21)12-20-18(22)9-8-15-6-2-3-10-19-15/h2-11,16,21H,12-13H2,1H3,(H,20,22)/b9-8+. The number of aliphatic hydroxyl groups is 1. The van der Waals surface area contributed by atoms with E-state index in [0.29, 0.717) is 11.4 Å². The molecule has 1 aromatic carbocycles. The van der Waals surface area contributed by atoms with Crippen molar-refractivity contribution in [2.24, 2.45) is 0 Å². The van der Waals surface area contributed by atoms with Gasteiger partial charge >= 0.3 is 0 Å². The lowest BCUT2D eigenvalue weighted by Crippen LogP contribution is -2.34. The van der Waals surface area contributed by atoms with Crippen LogP contribution < -0.4 is 10.1 Å². The number of carbonyl (C=O) groups excluding carboxylic acids is 1. The Morgan fingerprint density at radius 2 is 2.22 bits per heavy atom. The van der Waals surface area contributed by atoms with Crippen LogP contribution >= 0.6 is 0 Å². The Labute approximate surface area is 135 Å². The second-order valence-electron chi connectivity index (χ2n) is 5.11. The third kappa shape index (κ3) is 6.32. The molecule has 0 saturated carbocycles. The molecule has 2 aromatic rings. The van der Waals surface area contributed by atoms with Gasteiger partial charge in [0.15, 0.2) is 0 Å². The molecule has 1 unspecified atom stereocenters. The number of amides is 1. The van der Waals surface area contributed by atoms with Gasteiger partial charge in [-0.15, -0.1) is 0 Å². The summed E-state index contributed by atoms with van der Waals surface area (Å²) in [7, 11) is 0. The van der Waals surface area contributed by atoms with Crippen LogP contribution in [0.15, 0.2) is 54.7 Å². The van der Waals surface area contributed by atoms with Gasteiger partial charge in [-0.05, 0) is 42.8 Å². The number of aliphatic hydroxyl groups excluding tert-OH is 1.